The summed E-state index contributed by atoms with van der Waals surface area (Å²) in [5, 5.41) is 13.5. The van der Waals surface area contributed by atoms with Crippen molar-refractivity contribution in [3.63, 3.8) is 0 Å². The fourth-order valence-electron chi connectivity index (χ4n) is 3.04. The van der Waals surface area contributed by atoms with Gasteiger partial charge in [0.2, 0.25) is 0 Å². The van der Waals surface area contributed by atoms with Crippen LogP contribution in [-0.2, 0) is 9.59 Å². The van der Waals surface area contributed by atoms with E-state index in [1.165, 1.54) is 36.4 Å². The van der Waals surface area contributed by atoms with Crippen LogP contribution in [0.2, 0.25) is 5.02 Å². The molecule has 32 heavy (non-hydrogen) atoms. The molecule has 0 unspecified atom stereocenters. The quantitative estimate of drug-likeness (QED) is 0.358. The van der Waals surface area contributed by atoms with Gasteiger partial charge in [-0.05, 0) is 72.9 Å². The first-order valence-corrected chi connectivity index (χ1v) is 9.81. The fourth-order valence-corrected chi connectivity index (χ4v) is 3.52. The van der Waals surface area contributed by atoms with Crippen molar-refractivity contribution in [1.29, 1.82) is 0 Å². The number of halogens is 2. The van der Waals surface area contributed by atoms with Crippen molar-refractivity contribution >= 4 is 58.5 Å². The van der Waals surface area contributed by atoms with Gasteiger partial charge in [-0.1, -0.05) is 11.6 Å². The van der Waals surface area contributed by atoms with E-state index in [9.17, 15) is 23.9 Å². The van der Waals surface area contributed by atoms with Gasteiger partial charge in [0.15, 0.2) is 5.11 Å². The molecule has 3 aromatic rings. The van der Waals surface area contributed by atoms with Gasteiger partial charge in [-0.3, -0.25) is 19.8 Å². The molecule has 7 nitrogen and oxygen atoms in total. The molecule has 4 rings (SSSR count). The molecule has 1 fully saturated rings. The minimum absolute atomic E-state index is 0.0176. The molecule has 2 heterocycles. The largest absolute Gasteiger partial charge is 0.545 e. The maximum atomic E-state index is 13.2. The standard InChI is InChI=1S/C22H12ClFN2O5S/c23-17-7-1-11(9-15(17)21(29)30)18-8-6-14(31-18)10-16-19(27)25-22(32)26(20(16)28)13-4-2-12(24)3-5-13/h1-10H,(H,29,30)(H,25,27,32)/p-1/b16-10+. The summed E-state index contributed by atoms with van der Waals surface area (Å²) in [6.07, 6.45) is 1.23. The van der Waals surface area contributed by atoms with Crippen molar-refractivity contribution < 1.29 is 28.3 Å². The Morgan fingerprint density at radius 3 is 2.53 bits per heavy atom. The van der Waals surface area contributed by atoms with Gasteiger partial charge in [0.05, 0.1) is 11.7 Å². The van der Waals surface area contributed by atoms with E-state index in [0.29, 0.717) is 5.56 Å². The molecule has 2 aromatic carbocycles. The van der Waals surface area contributed by atoms with E-state index in [2.05, 4.69) is 5.32 Å². The van der Waals surface area contributed by atoms with E-state index in [0.717, 1.165) is 17.0 Å². The third-order valence-electron chi connectivity index (χ3n) is 4.57. The van der Waals surface area contributed by atoms with Gasteiger partial charge in [-0.25, -0.2) is 4.39 Å². The third kappa shape index (κ3) is 4.03. The van der Waals surface area contributed by atoms with E-state index in [4.69, 9.17) is 28.2 Å². The molecule has 1 aromatic heterocycles. The third-order valence-corrected chi connectivity index (χ3v) is 5.18. The predicted octanol–water partition coefficient (Wildman–Crippen LogP) is 2.93. The number of carboxylic acid groups (broad SMARTS) is 1. The Bertz CT molecular complexity index is 1320. The monoisotopic (exact) mass is 469 g/mol. The Balaban J connectivity index is 1.67. The van der Waals surface area contributed by atoms with E-state index in [1.54, 1.807) is 12.1 Å². The molecule has 1 N–H and O–H groups in total. The number of hydrogen-bond acceptors (Lipinski definition) is 6. The maximum absolute atomic E-state index is 13.2. The van der Waals surface area contributed by atoms with Crippen LogP contribution in [0.1, 0.15) is 16.1 Å². The fraction of sp³-hybridized carbons (Fsp3) is 0. The summed E-state index contributed by atoms with van der Waals surface area (Å²) in [7, 11) is 0. The first kappa shape index (κ1) is 21.4. The Labute approximate surface area is 190 Å². The molecule has 0 atom stereocenters. The van der Waals surface area contributed by atoms with Crippen molar-refractivity contribution in [2.75, 3.05) is 4.90 Å². The summed E-state index contributed by atoms with van der Waals surface area (Å²) >= 11 is 10.9. The molecular formula is C22H11ClFN2O5S-. The van der Waals surface area contributed by atoms with Gasteiger partial charge >= 0.3 is 0 Å². The van der Waals surface area contributed by atoms with Gasteiger partial charge in [0.25, 0.3) is 11.8 Å². The lowest BCUT2D eigenvalue weighted by Crippen LogP contribution is -2.54. The molecule has 0 bridgehead atoms. The van der Waals surface area contributed by atoms with Crippen LogP contribution >= 0.6 is 23.8 Å². The van der Waals surface area contributed by atoms with Crippen molar-refractivity contribution in [3.05, 3.63) is 82.3 Å². The second kappa shape index (κ2) is 8.37. The van der Waals surface area contributed by atoms with Crippen LogP contribution in [0.5, 0.6) is 0 Å². The Kier molecular flexibility index (Phi) is 5.60. The molecule has 0 radical (unpaired) electrons. The van der Waals surface area contributed by atoms with Gasteiger partial charge in [-0.2, -0.15) is 0 Å². The smallest absolute Gasteiger partial charge is 0.270 e. The van der Waals surface area contributed by atoms with Crippen molar-refractivity contribution in [2.45, 2.75) is 0 Å². The summed E-state index contributed by atoms with van der Waals surface area (Å²) in [5.74, 6) is -2.92. The normalized spacial score (nSPS) is 15.2. The summed E-state index contributed by atoms with van der Waals surface area (Å²) in [6, 6.07) is 12.3. The number of nitrogens with one attached hydrogen (secondary N) is 1. The van der Waals surface area contributed by atoms with Gasteiger partial charge in [0, 0.05) is 16.1 Å². The lowest BCUT2D eigenvalue weighted by atomic mass is 10.1. The van der Waals surface area contributed by atoms with E-state index < -0.39 is 23.6 Å². The predicted molar refractivity (Wildman–Crippen MR) is 116 cm³/mol. The second-order valence-electron chi connectivity index (χ2n) is 6.62. The Morgan fingerprint density at radius 2 is 1.84 bits per heavy atom. The van der Waals surface area contributed by atoms with E-state index >= 15 is 0 Å². The number of thiocarbonyl (C=S) groups is 1. The Hall–Kier alpha value is -3.82. The molecule has 0 saturated carbocycles. The number of hydrogen-bond donors (Lipinski definition) is 1. The maximum Gasteiger partial charge on any atom is 0.270 e. The highest BCUT2D eigenvalue weighted by Crippen LogP contribution is 2.28. The van der Waals surface area contributed by atoms with Crippen LogP contribution in [0.25, 0.3) is 17.4 Å². The number of aromatic carboxylic acids is 1. The van der Waals surface area contributed by atoms with Crippen LogP contribution in [0.15, 0.2) is 64.6 Å². The SMILES string of the molecule is O=C1NC(=S)N(c2ccc(F)cc2)C(=O)/C1=C/c1ccc(-c2ccc(Cl)c(C(=O)[O-])c2)o1. The number of rotatable bonds is 4. The number of amides is 2. The highest BCUT2D eigenvalue weighted by molar-refractivity contribution is 7.80. The lowest BCUT2D eigenvalue weighted by Gasteiger charge is -2.28. The molecule has 1 saturated heterocycles. The van der Waals surface area contributed by atoms with Crippen LogP contribution in [0.4, 0.5) is 10.1 Å². The van der Waals surface area contributed by atoms with Crippen LogP contribution in [0, 0.1) is 5.82 Å². The summed E-state index contributed by atoms with van der Waals surface area (Å²) in [6.45, 7) is 0. The molecule has 1 aliphatic heterocycles. The average molecular weight is 470 g/mol. The number of nitrogens with zero attached hydrogens (tertiary/aromatic N) is 1. The summed E-state index contributed by atoms with van der Waals surface area (Å²) in [5.41, 5.74) is 0.233. The van der Waals surface area contributed by atoms with Gasteiger partial charge in [-0.15, -0.1) is 0 Å². The Morgan fingerprint density at radius 1 is 1.12 bits per heavy atom. The van der Waals surface area contributed by atoms with Crippen molar-refractivity contribution in [2.24, 2.45) is 0 Å². The molecule has 2 amide bonds. The summed E-state index contributed by atoms with van der Waals surface area (Å²) in [4.78, 5) is 37.6. The molecule has 1 aliphatic rings. The molecule has 0 aliphatic carbocycles. The minimum Gasteiger partial charge on any atom is -0.545 e. The molecule has 0 spiro atoms. The van der Waals surface area contributed by atoms with Crippen LogP contribution in [0.3, 0.4) is 0 Å². The molecule has 160 valence electrons. The highest BCUT2D eigenvalue weighted by Gasteiger charge is 2.34. The zero-order valence-electron chi connectivity index (χ0n) is 15.9. The minimum atomic E-state index is -1.44. The number of furan rings is 1. The first-order valence-electron chi connectivity index (χ1n) is 9.03. The molecule has 10 heteroatoms. The van der Waals surface area contributed by atoms with Crippen molar-refractivity contribution in [3.8, 4) is 11.3 Å². The highest BCUT2D eigenvalue weighted by atomic mass is 35.5. The number of anilines is 1. The number of carbonyl (C=O) groups excluding carboxylic acids is 3. The van der Waals surface area contributed by atoms with E-state index in [-0.39, 0.29) is 38.5 Å². The van der Waals surface area contributed by atoms with Crippen LogP contribution in [-0.4, -0.2) is 22.9 Å². The average Bonchev–Trinajstić information content (AvgIpc) is 3.21. The number of benzene rings is 2. The van der Waals surface area contributed by atoms with Gasteiger partial charge in [0.1, 0.15) is 22.9 Å². The first-order chi connectivity index (χ1) is 15.2. The summed E-state index contributed by atoms with van der Waals surface area (Å²) < 4.78 is 18.9. The van der Waals surface area contributed by atoms with Crippen LogP contribution < -0.4 is 15.3 Å². The lowest BCUT2D eigenvalue weighted by molar-refractivity contribution is -0.255. The molecular weight excluding hydrogens is 459 g/mol. The number of carboxylic acids is 1. The van der Waals surface area contributed by atoms with E-state index in [1.807, 2.05) is 0 Å². The number of carbonyl (C=O) groups is 3. The second-order valence-corrected chi connectivity index (χ2v) is 7.41. The van der Waals surface area contributed by atoms with Crippen molar-refractivity contribution in [1.82, 2.24) is 5.32 Å². The zero-order chi connectivity index (χ0) is 23.0. The topological polar surface area (TPSA) is 103 Å². The van der Waals surface area contributed by atoms with Gasteiger partial charge < -0.3 is 14.3 Å². The zero-order valence-corrected chi connectivity index (χ0v) is 17.5.